The Kier molecular flexibility index (Phi) is 2.57. The molecule has 0 bridgehead atoms. The molecule has 94 valence electrons. The number of aryl methyl sites for hydroxylation is 1. The summed E-state index contributed by atoms with van der Waals surface area (Å²) in [6.07, 6.45) is 5.00. The van der Waals surface area contributed by atoms with E-state index in [4.69, 9.17) is 0 Å². The number of aromatic nitrogens is 3. The first-order valence-corrected chi connectivity index (χ1v) is 5.74. The van der Waals surface area contributed by atoms with Crippen molar-refractivity contribution in [3.63, 3.8) is 0 Å². The van der Waals surface area contributed by atoms with Crippen molar-refractivity contribution in [1.29, 1.82) is 0 Å². The van der Waals surface area contributed by atoms with Gasteiger partial charge in [0.1, 0.15) is 6.33 Å². The Hall–Kier alpha value is -1.85. The van der Waals surface area contributed by atoms with Crippen molar-refractivity contribution in [2.24, 2.45) is 0 Å². The smallest absolute Gasteiger partial charge is 0.251 e. The third kappa shape index (κ3) is 1.68. The molecule has 0 unspecified atom stereocenters. The van der Waals surface area contributed by atoms with Crippen molar-refractivity contribution in [2.75, 3.05) is 0 Å². The Labute approximate surface area is 101 Å². The van der Waals surface area contributed by atoms with Gasteiger partial charge in [-0.15, -0.1) is 0 Å². The quantitative estimate of drug-likeness (QED) is 0.731. The third-order valence-corrected chi connectivity index (χ3v) is 3.13. The normalized spacial score (nSPS) is 14.6. The van der Waals surface area contributed by atoms with E-state index in [1.54, 1.807) is 0 Å². The van der Waals surface area contributed by atoms with Crippen LogP contribution < -0.4 is 0 Å². The molecule has 0 fully saturated rings. The van der Waals surface area contributed by atoms with E-state index in [-0.39, 0.29) is 5.82 Å². The van der Waals surface area contributed by atoms with Crippen molar-refractivity contribution in [2.45, 2.75) is 25.7 Å². The van der Waals surface area contributed by atoms with Crippen LogP contribution >= 0.6 is 0 Å². The minimum absolute atomic E-state index is 0.232. The van der Waals surface area contributed by atoms with Crippen molar-refractivity contribution in [3.05, 3.63) is 41.4 Å². The lowest BCUT2D eigenvalue weighted by atomic mass is 10.0. The molecule has 0 radical (unpaired) electrons. The predicted molar refractivity (Wildman–Crippen MR) is 57.9 cm³/mol. The Bertz CT molecular complexity index is 607. The molecule has 6 heteroatoms. The van der Waals surface area contributed by atoms with Crippen LogP contribution in [0, 0.1) is 17.6 Å². The molecule has 2 heterocycles. The van der Waals surface area contributed by atoms with Crippen LogP contribution in [0.1, 0.15) is 24.2 Å². The highest BCUT2D eigenvalue weighted by molar-refractivity contribution is 5.31. The van der Waals surface area contributed by atoms with Crippen molar-refractivity contribution >= 4 is 0 Å². The van der Waals surface area contributed by atoms with Crippen LogP contribution in [0.25, 0.3) is 5.82 Å². The Morgan fingerprint density at radius 1 is 1.06 bits per heavy atom. The fourth-order valence-corrected chi connectivity index (χ4v) is 2.26. The Balaban J connectivity index is 2.15. The van der Waals surface area contributed by atoms with Crippen LogP contribution in [0.15, 0.2) is 12.4 Å². The molecule has 0 amide bonds. The third-order valence-electron chi connectivity index (χ3n) is 3.13. The van der Waals surface area contributed by atoms with E-state index in [0.29, 0.717) is 6.07 Å². The number of hydrogen-bond acceptors (Lipinski definition) is 2. The molecule has 0 aromatic carbocycles. The summed E-state index contributed by atoms with van der Waals surface area (Å²) >= 11 is 0. The van der Waals surface area contributed by atoms with E-state index >= 15 is 0 Å². The fraction of sp³-hybridized carbons (Fsp3) is 0.333. The topological polar surface area (TPSA) is 30.7 Å². The van der Waals surface area contributed by atoms with Crippen LogP contribution in [0.2, 0.25) is 0 Å². The van der Waals surface area contributed by atoms with E-state index in [2.05, 4.69) is 9.97 Å². The van der Waals surface area contributed by atoms with Crippen molar-refractivity contribution < 1.29 is 13.2 Å². The number of halogens is 3. The minimum Gasteiger partial charge on any atom is -0.285 e. The molecule has 1 aliphatic carbocycles. The largest absolute Gasteiger partial charge is 0.285 e. The van der Waals surface area contributed by atoms with E-state index in [1.807, 2.05) is 0 Å². The van der Waals surface area contributed by atoms with Gasteiger partial charge < -0.3 is 0 Å². The van der Waals surface area contributed by atoms with E-state index < -0.39 is 17.6 Å². The number of nitrogens with zero attached hydrogens (tertiary/aromatic N) is 3. The summed E-state index contributed by atoms with van der Waals surface area (Å²) < 4.78 is 41.0. The second-order valence-electron chi connectivity index (χ2n) is 4.28. The van der Waals surface area contributed by atoms with E-state index in [1.165, 1.54) is 10.9 Å². The van der Waals surface area contributed by atoms with Gasteiger partial charge in [0.25, 0.3) is 5.95 Å². The van der Waals surface area contributed by atoms with Gasteiger partial charge in [0, 0.05) is 11.8 Å². The molecule has 0 saturated heterocycles. The minimum atomic E-state index is -1.30. The molecule has 2 aromatic rings. The lowest BCUT2D eigenvalue weighted by Gasteiger charge is -2.13. The molecular formula is C12H10F3N3. The summed E-state index contributed by atoms with van der Waals surface area (Å²) in [6, 6.07) is 0.507. The molecule has 0 spiro atoms. The monoisotopic (exact) mass is 253 g/mol. The SMILES string of the molecule is Fc1cc(F)c(-n2cnc3c2CCCC3)nc1F. The number of imidazole rings is 1. The lowest BCUT2D eigenvalue weighted by Crippen LogP contribution is -2.10. The highest BCUT2D eigenvalue weighted by atomic mass is 19.2. The Morgan fingerprint density at radius 2 is 1.83 bits per heavy atom. The summed E-state index contributed by atoms with van der Waals surface area (Å²) in [5.41, 5.74) is 1.71. The van der Waals surface area contributed by atoms with Gasteiger partial charge in [0.05, 0.1) is 5.69 Å². The lowest BCUT2D eigenvalue weighted by molar-refractivity contribution is 0.460. The predicted octanol–water partition coefficient (Wildman–Crippen LogP) is 2.56. The average Bonchev–Trinajstić information content (AvgIpc) is 2.78. The van der Waals surface area contributed by atoms with Gasteiger partial charge in [-0.05, 0) is 25.7 Å². The highest BCUT2D eigenvalue weighted by Crippen LogP contribution is 2.24. The van der Waals surface area contributed by atoms with Gasteiger partial charge in [-0.3, -0.25) is 4.57 Å². The highest BCUT2D eigenvalue weighted by Gasteiger charge is 2.20. The zero-order valence-electron chi connectivity index (χ0n) is 9.46. The summed E-state index contributed by atoms with van der Waals surface area (Å²) in [5.74, 6) is -3.71. The van der Waals surface area contributed by atoms with Crippen LogP contribution in [0.3, 0.4) is 0 Å². The first-order chi connectivity index (χ1) is 8.66. The second kappa shape index (κ2) is 4.12. The van der Waals surface area contributed by atoms with Crippen LogP contribution in [0.4, 0.5) is 13.2 Å². The molecule has 18 heavy (non-hydrogen) atoms. The molecule has 0 N–H and O–H groups in total. The molecule has 2 aromatic heterocycles. The number of rotatable bonds is 1. The van der Waals surface area contributed by atoms with E-state index in [9.17, 15) is 13.2 Å². The zero-order valence-corrected chi connectivity index (χ0v) is 9.46. The first kappa shape index (κ1) is 11.3. The van der Waals surface area contributed by atoms with Crippen LogP contribution in [-0.4, -0.2) is 14.5 Å². The van der Waals surface area contributed by atoms with Gasteiger partial charge in [-0.1, -0.05) is 0 Å². The summed E-state index contributed by atoms with van der Waals surface area (Å²) in [7, 11) is 0. The van der Waals surface area contributed by atoms with Crippen LogP contribution in [0.5, 0.6) is 0 Å². The molecule has 0 saturated carbocycles. The summed E-state index contributed by atoms with van der Waals surface area (Å²) in [5, 5.41) is 0. The van der Waals surface area contributed by atoms with Crippen molar-refractivity contribution in [1.82, 2.24) is 14.5 Å². The first-order valence-electron chi connectivity index (χ1n) is 5.74. The Morgan fingerprint density at radius 3 is 2.67 bits per heavy atom. The molecule has 3 rings (SSSR count). The number of hydrogen-bond donors (Lipinski definition) is 0. The number of pyridine rings is 1. The molecule has 0 atom stereocenters. The maximum atomic E-state index is 13.6. The molecule has 1 aliphatic rings. The van der Waals surface area contributed by atoms with Gasteiger partial charge in [0.2, 0.25) is 0 Å². The maximum absolute atomic E-state index is 13.6. The van der Waals surface area contributed by atoms with Gasteiger partial charge >= 0.3 is 0 Å². The summed E-state index contributed by atoms with van der Waals surface area (Å²) in [4.78, 5) is 7.50. The maximum Gasteiger partial charge on any atom is 0.251 e. The van der Waals surface area contributed by atoms with Gasteiger partial charge in [-0.2, -0.15) is 9.37 Å². The molecular weight excluding hydrogens is 243 g/mol. The van der Waals surface area contributed by atoms with E-state index in [0.717, 1.165) is 37.1 Å². The fourth-order valence-electron chi connectivity index (χ4n) is 2.26. The summed E-state index contributed by atoms with van der Waals surface area (Å²) in [6.45, 7) is 0. The van der Waals surface area contributed by atoms with Gasteiger partial charge in [0.15, 0.2) is 17.5 Å². The van der Waals surface area contributed by atoms with Crippen LogP contribution in [-0.2, 0) is 12.8 Å². The second-order valence-corrected chi connectivity index (χ2v) is 4.28. The van der Waals surface area contributed by atoms with Crippen molar-refractivity contribution in [3.8, 4) is 5.82 Å². The standard InChI is InChI=1S/C12H10F3N3/c13-7-5-8(14)12(17-11(7)15)18-6-16-9-3-1-2-4-10(9)18/h5-6H,1-4H2. The van der Waals surface area contributed by atoms with Gasteiger partial charge in [-0.25, -0.2) is 13.8 Å². The molecule has 0 aliphatic heterocycles. The number of fused-ring (bicyclic) bond motifs is 1. The zero-order chi connectivity index (χ0) is 12.7. The molecule has 3 nitrogen and oxygen atoms in total. The average molecular weight is 253 g/mol.